The maximum absolute atomic E-state index is 12.9. The second-order valence-corrected chi connectivity index (χ2v) is 6.87. The number of carbonyl (C=O) groups is 1. The van der Waals surface area contributed by atoms with Gasteiger partial charge in [-0.1, -0.05) is 12.1 Å². The highest BCUT2D eigenvalue weighted by Crippen LogP contribution is 2.37. The highest BCUT2D eigenvalue weighted by atomic mass is 32.1. The average molecular weight is 341 g/mol. The molecule has 2 heterocycles. The summed E-state index contributed by atoms with van der Waals surface area (Å²) in [7, 11) is 1.88. The number of benzene rings is 1. The summed E-state index contributed by atoms with van der Waals surface area (Å²) in [6.07, 6.45) is 1.78. The third-order valence-corrected chi connectivity index (χ3v) is 5.31. The van der Waals surface area contributed by atoms with Gasteiger partial charge in [-0.05, 0) is 42.0 Å². The number of rotatable bonds is 3. The molecule has 6 heteroatoms. The Bertz CT molecular complexity index is 911. The Hall–Kier alpha value is -2.47. The lowest BCUT2D eigenvalue weighted by Gasteiger charge is -2.13. The summed E-state index contributed by atoms with van der Waals surface area (Å²) in [6.45, 7) is 0.355. The molecule has 0 aliphatic heterocycles. The van der Waals surface area contributed by atoms with Gasteiger partial charge in [0.25, 0.3) is 5.91 Å². The Morgan fingerprint density at radius 1 is 1.29 bits per heavy atom. The van der Waals surface area contributed by atoms with E-state index in [1.54, 1.807) is 28.2 Å². The average Bonchev–Trinajstić information content (AvgIpc) is 3.18. The number of aromatic nitrogens is 2. The van der Waals surface area contributed by atoms with Crippen LogP contribution in [0.25, 0.3) is 11.3 Å². The van der Waals surface area contributed by atoms with Crippen LogP contribution < -0.4 is 5.32 Å². The van der Waals surface area contributed by atoms with Crippen LogP contribution in [0.4, 0.5) is 4.39 Å². The normalized spacial score (nSPS) is 12.6. The third kappa shape index (κ3) is 2.53. The molecule has 3 aromatic rings. The first-order chi connectivity index (χ1) is 11.6. The van der Waals surface area contributed by atoms with Crippen molar-refractivity contribution in [1.29, 1.82) is 0 Å². The number of amides is 1. The fourth-order valence-corrected chi connectivity index (χ4v) is 4.06. The van der Waals surface area contributed by atoms with Crippen molar-refractivity contribution >= 4 is 17.2 Å². The number of nitrogens with zero attached hydrogens (tertiary/aromatic N) is 2. The van der Waals surface area contributed by atoms with Crippen molar-refractivity contribution in [2.24, 2.45) is 7.05 Å². The summed E-state index contributed by atoms with van der Waals surface area (Å²) >= 11 is 1.75. The zero-order valence-corrected chi connectivity index (χ0v) is 14.0. The monoisotopic (exact) mass is 341 g/mol. The molecule has 0 saturated carbocycles. The lowest BCUT2D eigenvalue weighted by atomic mass is 9.94. The fraction of sp³-hybridized carbons (Fsp3) is 0.222. The quantitative estimate of drug-likeness (QED) is 0.794. The number of thiophene rings is 1. The Kier molecular flexibility index (Phi) is 3.69. The molecule has 1 aliphatic rings. The van der Waals surface area contributed by atoms with Crippen molar-refractivity contribution in [2.75, 3.05) is 0 Å². The summed E-state index contributed by atoms with van der Waals surface area (Å²) < 4.78 is 14.7. The maximum Gasteiger partial charge on any atom is 0.272 e. The molecule has 4 rings (SSSR count). The SMILES string of the molecule is Cn1nc(C(=O)NCc2ccc(F)cc2)c2c1-c1ccsc1CC2. The van der Waals surface area contributed by atoms with E-state index < -0.39 is 0 Å². The summed E-state index contributed by atoms with van der Waals surface area (Å²) in [4.78, 5) is 13.9. The second kappa shape index (κ2) is 5.87. The van der Waals surface area contributed by atoms with E-state index in [9.17, 15) is 9.18 Å². The van der Waals surface area contributed by atoms with E-state index in [1.807, 2.05) is 7.05 Å². The highest BCUT2D eigenvalue weighted by molar-refractivity contribution is 7.10. The van der Waals surface area contributed by atoms with Crippen LogP contribution in [0.2, 0.25) is 0 Å². The van der Waals surface area contributed by atoms with Crippen molar-refractivity contribution in [3.05, 3.63) is 63.2 Å². The van der Waals surface area contributed by atoms with Gasteiger partial charge in [-0.2, -0.15) is 5.10 Å². The minimum atomic E-state index is -0.282. The molecule has 1 amide bonds. The summed E-state index contributed by atoms with van der Waals surface area (Å²) in [6, 6.07) is 8.21. The Morgan fingerprint density at radius 3 is 2.88 bits per heavy atom. The molecular weight excluding hydrogens is 325 g/mol. The van der Waals surface area contributed by atoms with Crippen molar-refractivity contribution in [2.45, 2.75) is 19.4 Å². The van der Waals surface area contributed by atoms with Crippen LogP contribution in [0.15, 0.2) is 35.7 Å². The summed E-state index contributed by atoms with van der Waals surface area (Å²) in [5.41, 5.74) is 4.60. The van der Waals surface area contributed by atoms with E-state index in [2.05, 4.69) is 21.9 Å². The van der Waals surface area contributed by atoms with Crippen LogP contribution in [-0.2, 0) is 26.4 Å². The van der Waals surface area contributed by atoms with E-state index in [0.29, 0.717) is 12.2 Å². The zero-order valence-electron chi connectivity index (χ0n) is 13.2. The summed E-state index contributed by atoms with van der Waals surface area (Å²) in [5, 5.41) is 9.41. The smallest absolute Gasteiger partial charge is 0.272 e. The van der Waals surface area contributed by atoms with Gasteiger partial charge in [0.2, 0.25) is 0 Å². The first-order valence-electron chi connectivity index (χ1n) is 7.78. The number of hydrogen-bond donors (Lipinski definition) is 1. The van der Waals surface area contributed by atoms with Gasteiger partial charge in [0.1, 0.15) is 5.82 Å². The van der Waals surface area contributed by atoms with Crippen LogP contribution in [0, 0.1) is 5.82 Å². The molecule has 0 bridgehead atoms. The topological polar surface area (TPSA) is 46.9 Å². The van der Waals surface area contributed by atoms with Gasteiger partial charge in [-0.15, -0.1) is 11.3 Å². The molecular formula is C18H16FN3OS. The van der Waals surface area contributed by atoms with Crippen LogP contribution >= 0.6 is 11.3 Å². The van der Waals surface area contributed by atoms with Crippen molar-refractivity contribution in [3.8, 4) is 11.3 Å². The standard InChI is InChI=1S/C18H16FN3OS/c1-22-17-13-8-9-24-15(13)7-6-14(17)16(21-22)18(23)20-10-11-2-4-12(19)5-3-11/h2-5,8-9H,6-7,10H2,1H3,(H,20,23). The molecule has 0 radical (unpaired) electrons. The summed E-state index contributed by atoms with van der Waals surface area (Å²) in [5.74, 6) is -0.467. The minimum Gasteiger partial charge on any atom is -0.347 e. The molecule has 2 aromatic heterocycles. The molecule has 4 nitrogen and oxygen atoms in total. The van der Waals surface area contributed by atoms with Gasteiger partial charge in [-0.3, -0.25) is 9.48 Å². The molecule has 0 saturated heterocycles. The number of halogens is 1. The zero-order chi connectivity index (χ0) is 16.7. The first-order valence-corrected chi connectivity index (χ1v) is 8.66. The predicted octanol–water partition coefficient (Wildman–Crippen LogP) is 3.32. The predicted molar refractivity (Wildman–Crippen MR) is 91.5 cm³/mol. The molecule has 0 fully saturated rings. The molecule has 0 spiro atoms. The van der Waals surface area contributed by atoms with Gasteiger partial charge in [-0.25, -0.2) is 4.39 Å². The number of nitrogens with one attached hydrogen (secondary N) is 1. The van der Waals surface area contributed by atoms with E-state index in [1.165, 1.54) is 22.6 Å². The van der Waals surface area contributed by atoms with E-state index in [0.717, 1.165) is 29.7 Å². The van der Waals surface area contributed by atoms with Crippen LogP contribution in [0.1, 0.15) is 26.5 Å². The number of fused-ring (bicyclic) bond motifs is 3. The van der Waals surface area contributed by atoms with Crippen LogP contribution in [-0.4, -0.2) is 15.7 Å². The maximum atomic E-state index is 12.9. The van der Waals surface area contributed by atoms with Gasteiger partial charge in [0.05, 0.1) is 5.69 Å². The number of aryl methyl sites for hydroxylation is 2. The third-order valence-electron chi connectivity index (χ3n) is 4.33. The fourth-order valence-electron chi connectivity index (χ4n) is 3.18. The molecule has 0 unspecified atom stereocenters. The lowest BCUT2D eigenvalue weighted by Crippen LogP contribution is -2.24. The number of hydrogen-bond acceptors (Lipinski definition) is 3. The van der Waals surface area contributed by atoms with Gasteiger partial charge >= 0.3 is 0 Å². The molecule has 0 atom stereocenters. The largest absolute Gasteiger partial charge is 0.347 e. The van der Waals surface area contributed by atoms with Gasteiger partial charge in [0.15, 0.2) is 5.69 Å². The van der Waals surface area contributed by atoms with E-state index >= 15 is 0 Å². The van der Waals surface area contributed by atoms with Crippen molar-refractivity contribution < 1.29 is 9.18 Å². The van der Waals surface area contributed by atoms with Crippen LogP contribution in [0.3, 0.4) is 0 Å². The molecule has 122 valence electrons. The first kappa shape index (κ1) is 15.1. The van der Waals surface area contributed by atoms with E-state index in [4.69, 9.17) is 0 Å². The van der Waals surface area contributed by atoms with Gasteiger partial charge < -0.3 is 5.32 Å². The van der Waals surface area contributed by atoms with Crippen LogP contribution in [0.5, 0.6) is 0 Å². The Balaban J connectivity index is 1.58. The molecule has 1 aliphatic carbocycles. The number of carbonyl (C=O) groups excluding carboxylic acids is 1. The van der Waals surface area contributed by atoms with E-state index in [-0.39, 0.29) is 11.7 Å². The second-order valence-electron chi connectivity index (χ2n) is 5.87. The molecule has 24 heavy (non-hydrogen) atoms. The highest BCUT2D eigenvalue weighted by Gasteiger charge is 2.27. The van der Waals surface area contributed by atoms with Crippen molar-refractivity contribution in [1.82, 2.24) is 15.1 Å². The lowest BCUT2D eigenvalue weighted by molar-refractivity contribution is 0.0944. The minimum absolute atomic E-state index is 0.185. The van der Waals surface area contributed by atoms with Crippen molar-refractivity contribution in [3.63, 3.8) is 0 Å². The Labute approximate surface area is 142 Å². The van der Waals surface area contributed by atoms with Gasteiger partial charge in [0, 0.05) is 29.6 Å². The Morgan fingerprint density at radius 2 is 2.08 bits per heavy atom. The molecule has 1 N–H and O–H groups in total. The molecule has 1 aromatic carbocycles.